The van der Waals surface area contributed by atoms with Gasteiger partial charge in [-0.25, -0.2) is 0 Å². The van der Waals surface area contributed by atoms with E-state index in [1.54, 1.807) is 6.20 Å². The number of rotatable bonds is 6. The van der Waals surface area contributed by atoms with Gasteiger partial charge in [0, 0.05) is 18.2 Å². The lowest BCUT2D eigenvalue weighted by Crippen LogP contribution is -2.42. The standard InChI is InChI=1S/C21H27N3O2/c1-15-12-18(9-11-22-15)21(25)24-16(2)17-6-5-8-20(13-17)26-14-19-7-3-4-10-23-19/h3-8,10,13,15-16,18,22H,9,11-12,14H2,1-2H3,(H,24,25)/t15-,16?,18-/m0/s1. The zero-order valence-corrected chi connectivity index (χ0v) is 15.4. The average Bonchev–Trinajstić information content (AvgIpc) is 2.67. The summed E-state index contributed by atoms with van der Waals surface area (Å²) in [5, 5.41) is 6.54. The largest absolute Gasteiger partial charge is 0.487 e. The van der Waals surface area contributed by atoms with Gasteiger partial charge < -0.3 is 15.4 Å². The topological polar surface area (TPSA) is 63.2 Å². The molecule has 1 aliphatic rings. The summed E-state index contributed by atoms with van der Waals surface area (Å²) in [6, 6.07) is 14.0. The molecule has 0 spiro atoms. The Bertz CT molecular complexity index is 720. The average molecular weight is 353 g/mol. The van der Waals surface area contributed by atoms with Crippen LogP contribution in [0.1, 0.15) is 44.0 Å². The predicted molar refractivity (Wildman–Crippen MR) is 102 cm³/mol. The van der Waals surface area contributed by atoms with Crippen LogP contribution >= 0.6 is 0 Å². The Hall–Kier alpha value is -2.40. The number of pyridine rings is 1. The second-order valence-corrected chi connectivity index (χ2v) is 6.99. The molecule has 3 atom stereocenters. The molecular formula is C21H27N3O2. The van der Waals surface area contributed by atoms with E-state index in [2.05, 4.69) is 22.5 Å². The van der Waals surface area contributed by atoms with Crippen LogP contribution in [0.3, 0.4) is 0 Å². The fourth-order valence-electron chi connectivity index (χ4n) is 3.30. The summed E-state index contributed by atoms with van der Waals surface area (Å²) in [6.45, 7) is 5.48. The Morgan fingerprint density at radius 1 is 1.35 bits per heavy atom. The third-order valence-corrected chi connectivity index (χ3v) is 4.82. The van der Waals surface area contributed by atoms with Crippen LogP contribution in [-0.2, 0) is 11.4 Å². The van der Waals surface area contributed by atoms with Crippen molar-refractivity contribution in [2.45, 2.75) is 45.4 Å². The molecule has 1 aromatic carbocycles. The Balaban J connectivity index is 1.57. The minimum absolute atomic E-state index is 0.0499. The van der Waals surface area contributed by atoms with Crippen molar-refractivity contribution in [3.63, 3.8) is 0 Å². The Labute approximate surface area is 155 Å². The van der Waals surface area contributed by atoms with E-state index in [0.29, 0.717) is 12.6 Å². The van der Waals surface area contributed by atoms with Gasteiger partial charge in [0.15, 0.2) is 0 Å². The van der Waals surface area contributed by atoms with Crippen molar-refractivity contribution < 1.29 is 9.53 Å². The number of hydrogen-bond acceptors (Lipinski definition) is 4. The fourth-order valence-corrected chi connectivity index (χ4v) is 3.30. The maximum Gasteiger partial charge on any atom is 0.223 e. The number of carbonyl (C=O) groups excluding carboxylic acids is 1. The summed E-state index contributed by atoms with van der Waals surface area (Å²) < 4.78 is 5.83. The number of piperidine rings is 1. The zero-order valence-electron chi connectivity index (χ0n) is 15.4. The summed E-state index contributed by atoms with van der Waals surface area (Å²) in [5.41, 5.74) is 1.93. The molecule has 1 aromatic heterocycles. The van der Waals surface area contributed by atoms with Crippen molar-refractivity contribution in [3.05, 3.63) is 59.9 Å². The number of ether oxygens (including phenoxy) is 1. The smallest absolute Gasteiger partial charge is 0.223 e. The van der Waals surface area contributed by atoms with Crippen molar-refractivity contribution in [1.82, 2.24) is 15.6 Å². The molecule has 5 heteroatoms. The molecular weight excluding hydrogens is 326 g/mol. The van der Waals surface area contributed by atoms with E-state index in [-0.39, 0.29) is 17.9 Å². The first-order valence-electron chi connectivity index (χ1n) is 9.28. The van der Waals surface area contributed by atoms with Gasteiger partial charge in [-0.1, -0.05) is 18.2 Å². The van der Waals surface area contributed by atoms with Gasteiger partial charge in [-0.05, 0) is 63.1 Å². The minimum Gasteiger partial charge on any atom is -0.487 e. The van der Waals surface area contributed by atoms with Crippen LogP contribution in [0.25, 0.3) is 0 Å². The van der Waals surface area contributed by atoms with E-state index in [4.69, 9.17) is 4.74 Å². The fraction of sp³-hybridized carbons (Fsp3) is 0.429. The Morgan fingerprint density at radius 2 is 2.23 bits per heavy atom. The Kier molecular flexibility index (Phi) is 6.23. The monoisotopic (exact) mass is 353 g/mol. The van der Waals surface area contributed by atoms with Crippen LogP contribution < -0.4 is 15.4 Å². The zero-order chi connectivity index (χ0) is 18.4. The van der Waals surface area contributed by atoms with E-state index in [0.717, 1.165) is 36.4 Å². The first-order valence-corrected chi connectivity index (χ1v) is 9.28. The number of nitrogens with zero attached hydrogens (tertiary/aromatic N) is 1. The number of aromatic nitrogens is 1. The van der Waals surface area contributed by atoms with Gasteiger partial charge in [0.25, 0.3) is 0 Å². The lowest BCUT2D eigenvalue weighted by Gasteiger charge is -2.28. The van der Waals surface area contributed by atoms with Gasteiger partial charge in [-0.3, -0.25) is 9.78 Å². The molecule has 1 amide bonds. The molecule has 1 unspecified atom stereocenters. The van der Waals surface area contributed by atoms with Crippen molar-refractivity contribution >= 4 is 5.91 Å². The van der Waals surface area contributed by atoms with Gasteiger partial charge in [0.1, 0.15) is 12.4 Å². The number of nitrogens with one attached hydrogen (secondary N) is 2. The summed E-state index contributed by atoms with van der Waals surface area (Å²) in [7, 11) is 0. The molecule has 26 heavy (non-hydrogen) atoms. The highest BCUT2D eigenvalue weighted by Crippen LogP contribution is 2.22. The highest BCUT2D eigenvalue weighted by atomic mass is 16.5. The molecule has 2 heterocycles. The molecule has 2 aromatic rings. The summed E-state index contributed by atoms with van der Waals surface area (Å²) in [5.74, 6) is 1.02. The molecule has 3 rings (SSSR count). The maximum atomic E-state index is 12.5. The molecule has 2 N–H and O–H groups in total. The highest BCUT2D eigenvalue weighted by molar-refractivity contribution is 5.79. The highest BCUT2D eigenvalue weighted by Gasteiger charge is 2.25. The number of carbonyl (C=O) groups is 1. The molecule has 138 valence electrons. The molecule has 1 aliphatic heterocycles. The summed E-state index contributed by atoms with van der Waals surface area (Å²) >= 11 is 0. The van der Waals surface area contributed by atoms with E-state index in [1.165, 1.54) is 0 Å². The lowest BCUT2D eigenvalue weighted by molar-refractivity contribution is -0.126. The van der Waals surface area contributed by atoms with Gasteiger partial charge in [-0.2, -0.15) is 0 Å². The maximum absolute atomic E-state index is 12.5. The normalized spacial score (nSPS) is 21.0. The van der Waals surface area contributed by atoms with Gasteiger partial charge in [0.05, 0.1) is 11.7 Å². The van der Waals surface area contributed by atoms with Crippen molar-refractivity contribution in [1.29, 1.82) is 0 Å². The SMILES string of the molecule is CC(NC(=O)[C@H]1CCN[C@@H](C)C1)c1cccc(OCc2ccccn2)c1. The van der Waals surface area contributed by atoms with Crippen LogP contribution in [0.4, 0.5) is 0 Å². The molecule has 5 nitrogen and oxygen atoms in total. The minimum atomic E-state index is -0.0499. The van der Waals surface area contributed by atoms with Crippen LogP contribution in [0, 0.1) is 5.92 Å². The Morgan fingerprint density at radius 3 is 3.00 bits per heavy atom. The van der Waals surface area contributed by atoms with Crippen LogP contribution in [0.5, 0.6) is 5.75 Å². The predicted octanol–water partition coefficient (Wildman–Crippen LogP) is 3.23. The van der Waals surface area contributed by atoms with Crippen molar-refractivity contribution in [3.8, 4) is 5.75 Å². The second kappa shape index (κ2) is 8.81. The molecule has 0 radical (unpaired) electrons. The first-order chi connectivity index (χ1) is 12.6. The van der Waals surface area contributed by atoms with Gasteiger partial charge >= 0.3 is 0 Å². The molecule has 0 bridgehead atoms. The van der Waals surface area contributed by atoms with Crippen LogP contribution in [0.15, 0.2) is 48.7 Å². The molecule has 1 fully saturated rings. The van der Waals surface area contributed by atoms with Crippen LogP contribution in [0.2, 0.25) is 0 Å². The number of benzene rings is 1. The second-order valence-electron chi connectivity index (χ2n) is 6.99. The lowest BCUT2D eigenvalue weighted by atomic mass is 9.92. The third-order valence-electron chi connectivity index (χ3n) is 4.82. The first kappa shape index (κ1) is 18.4. The van der Waals surface area contributed by atoms with Crippen molar-refractivity contribution in [2.24, 2.45) is 5.92 Å². The molecule has 0 saturated carbocycles. The van der Waals surface area contributed by atoms with E-state index in [9.17, 15) is 4.79 Å². The third kappa shape index (κ3) is 5.05. The number of amides is 1. The number of hydrogen-bond donors (Lipinski definition) is 2. The van der Waals surface area contributed by atoms with Gasteiger partial charge in [-0.15, -0.1) is 0 Å². The van der Waals surface area contributed by atoms with E-state index >= 15 is 0 Å². The molecule has 0 aliphatic carbocycles. The van der Waals surface area contributed by atoms with Gasteiger partial charge in [0.2, 0.25) is 5.91 Å². The quantitative estimate of drug-likeness (QED) is 0.837. The molecule has 1 saturated heterocycles. The van der Waals surface area contributed by atoms with E-state index in [1.807, 2.05) is 49.4 Å². The van der Waals surface area contributed by atoms with Crippen molar-refractivity contribution in [2.75, 3.05) is 6.54 Å². The van der Waals surface area contributed by atoms with Crippen LogP contribution in [-0.4, -0.2) is 23.5 Å². The summed E-state index contributed by atoms with van der Waals surface area (Å²) in [6.07, 6.45) is 3.55. The van der Waals surface area contributed by atoms with E-state index < -0.39 is 0 Å². The summed E-state index contributed by atoms with van der Waals surface area (Å²) in [4.78, 5) is 16.8.